The van der Waals surface area contributed by atoms with Crippen LogP contribution < -0.4 is 5.32 Å². The van der Waals surface area contributed by atoms with Gasteiger partial charge in [0.2, 0.25) is 15.9 Å². The van der Waals surface area contributed by atoms with Crippen LogP contribution in [0.5, 0.6) is 0 Å². The number of aryl methyl sites for hydroxylation is 1. The summed E-state index contributed by atoms with van der Waals surface area (Å²) in [4.78, 5) is 12.7. The van der Waals surface area contributed by atoms with Gasteiger partial charge in [0.05, 0.1) is 17.6 Å². The zero-order chi connectivity index (χ0) is 21.1. The van der Waals surface area contributed by atoms with E-state index in [2.05, 4.69) is 5.32 Å². The Hall–Kier alpha value is -2.64. The maximum Gasteiger partial charge on any atom is 0.243 e. The molecule has 1 N–H and O–H groups in total. The first-order valence-electron chi connectivity index (χ1n) is 10.3. The van der Waals surface area contributed by atoms with Crippen molar-refractivity contribution in [3.8, 4) is 0 Å². The van der Waals surface area contributed by atoms with Gasteiger partial charge >= 0.3 is 0 Å². The molecule has 7 heteroatoms. The standard InChI is InChI=1S/C23H26N2O4S/c1-17-6-11-21-18(16-29-22(21)14-17)15-23(26)24-19-7-9-20(10-8-19)30(27,28)25-12-4-2-3-5-13-25/h6-11,14,16H,2-5,12-13,15H2,1H3,(H,24,26). The van der Waals surface area contributed by atoms with Gasteiger partial charge in [0, 0.05) is 29.7 Å². The summed E-state index contributed by atoms with van der Waals surface area (Å²) in [5, 5.41) is 3.76. The van der Waals surface area contributed by atoms with Crippen LogP contribution in [0.1, 0.15) is 36.8 Å². The van der Waals surface area contributed by atoms with Gasteiger partial charge < -0.3 is 9.73 Å². The fraction of sp³-hybridized carbons (Fsp3) is 0.348. The normalized spacial score (nSPS) is 15.8. The van der Waals surface area contributed by atoms with Crippen LogP contribution in [-0.2, 0) is 21.2 Å². The molecular weight excluding hydrogens is 400 g/mol. The fourth-order valence-electron chi connectivity index (χ4n) is 3.85. The van der Waals surface area contributed by atoms with E-state index < -0.39 is 10.0 Å². The Morgan fingerprint density at radius 1 is 1.03 bits per heavy atom. The molecule has 30 heavy (non-hydrogen) atoms. The number of nitrogens with one attached hydrogen (secondary N) is 1. The molecule has 1 aromatic heterocycles. The van der Waals surface area contributed by atoms with E-state index in [9.17, 15) is 13.2 Å². The summed E-state index contributed by atoms with van der Waals surface area (Å²) in [6, 6.07) is 12.3. The quantitative estimate of drug-likeness (QED) is 0.652. The second kappa shape index (κ2) is 8.62. The lowest BCUT2D eigenvalue weighted by Gasteiger charge is -2.20. The van der Waals surface area contributed by atoms with Crippen molar-refractivity contribution >= 4 is 32.6 Å². The highest BCUT2D eigenvalue weighted by atomic mass is 32.2. The van der Waals surface area contributed by atoms with Crippen LogP contribution in [0.15, 0.2) is 58.0 Å². The van der Waals surface area contributed by atoms with Crippen LogP contribution in [-0.4, -0.2) is 31.7 Å². The molecule has 0 radical (unpaired) electrons. The van der Waals surface area contributed by atoms with E-state index in [4.69, 9.17) is 4.42 Å². The molecule has 1 aliphatic heterocycles. The number of anilines is 1. The third-order valence-corrected chi connectivity index (χ3v) is 7.42. The lowest BCUT2D eigenvalue weighted by Crippen LogP contribution is -2.31. The van der Waals surface area contributed by atoms with E-state index in [1.54, 1.807) is 34.8 Å². The van der Waals surface area contributed by atoms with Crippen molar-refractivity contribution in [2.75, 3.05) is 18.4 Å². The highest BCUT2D eigenvalue weighted by molar-refractivity contribution is 7.89. The number of sulfonamides is 1. The summed E-state index contributed by atoms with van der Waals surface area (Å²) in [5.74, 6) is -0.179. The first-order chi connectivity index (χ1) is 14.4. The van der Waals surface area contributed by atoms with Gasteiger partial charge in [-0.05, 0) is 55.7 Å². The van der Waals surface area contributed by atoms with Gasteiger partial charge in [0.25, 0.3) is 0 Å². The number of hydrogen-bond donors (Lipinski definition) is 1. The number of amides is 1. The summed E-state index contributed by atoms with van der Waals surface area (Å²) in [5.41, 5.74) is 3.25. The molecule has 1 fully saturated rings. The number of hydrogen-bond acceptors (Lipinski definition) is 4. The van der Waals surface area contributed by atoms with Crippen LogP contribution in [0.2, 0.25) is 0 Å². The van der Waals surface area contributed by atoms with Crippen LogP contribution in [0.25, 0.3) is 11.0 Å². The Kier molecular flexibility index (Phi) is 5.92. The van der Waals surface area contributed by atoms with Crippen molar-refractivity contribution in [2.24, 2.45) is 0 Å². The van der Waals surface area contributed by atoms with Gasteiger partial charge in [0.1, 0.15) is 5.58 Å². The van der Waals surface area contributed by atoms with Gasteiger partial charge in [-0.25, -0.2) is 8.42 Å². The molecule has 0 unspecified atom stereocenters. The van der Waals surface area contributed by atoms with Crippen molar-refractivity contribution in [2.45, 2.75) is 43.9 Å². The van der Waals surface area contributed by atoms with Crippen molar-refractivity contribution < 1.29 is 17.6 Å². The summed E-state index contributed by atoms with van der Waals surface area (Å²) >= 11 is 0. The SMILES string of the molecule is Cc1ccc2c(CC(=O)Nc3ccc(S(=O)(=O)N4CCCCCC4)cc3)coc2c1. The van der Waals surface area contributed by atoms with Gasteiger partial charge in [-0.1, -0.05) is 25.0 Å². The summed E-state index contributed by atoms with van der Waals surface area (Å²) in [6.45, 7) is 3.13. The van der Waals surface area contributed by atoms with E-state index in [-0.39, 0.29) is 17.2 Å². The van der Waals surface area contributed by atoms with Gasteiger partial charge in [-0.15, -0.1) is 0 Å². The largest absolute Gasteiger partial charge is 0.464 e. The van der Waals surface area contributed by atoms with E-state index >= 15 is 0 Å². The molecule has 0 bridgehead atoms. The molecule has 1 amide bonds. The highest BCUT2D eigenvalue weighted by Crippen LogP contribution is 2.24. The lowest BCUT2D eigenvalue weighted by molar-refractivity contribution is -0.115. The minimum Gasteiger partial charge on any atom is -0.464 e. The van der Waals surface area contributed by atoms with Gasteiger partial charge in [0.15, 0.2) is 0 Å². The van der Waals surface area contributed by atoms with Crippen molar-refractivity contribution in [3.63, 3.8) is 0 Å². The van der Waals surface area contributed by atoms with Gasteiger partial charge in [-0.2, -0.15) is 4.31 Å². The first kappa shape index (κ1) is 20.6. The number of furan rings is 1. The van der Waals surface area contributed by atoms with E-state index in [1.165, 1.54) is 0 Å². The fourth-order valence-corrected chi connectivity index (χ4v) is 5.36. The molecule has 0 spiro atoms. The number of rotatable bonds is 5. The zero-order valence-electron chi connectivity index (χ0n) is 17.1. The predicted octanol–water partition coefficient (Wildman–Crippen LogP) is 4.49. The summed E-state index contributed by atoms with van der Waals surface area (Å²) in [6.07, 6.45) is 5.74. The molecule has 1 aliphatic rings. The average molecular weight is 427 g/mol. The van der Waals surface area contributed by atoms with Crippen LogP contribution in [0.4, 0.5) is 5.69 Å². The molecule has 3 aromatic rings. The lowest BCUT2D eigenvalue weighted by atomic mass is 10.1. The van der Waals surface area contributed by atoms with Crippen molar-refractivity contribution in [1.29, 1.82) is 0 Å². The Balaban J connectivity index is 1.43. The van der Waals surface area contributed by atoms with E-state index in [0.29, 0.717) is 18.8 Å². The molecule has 0 aliphatic carbocycles. The first-order valence-corrected chi connectivity index (χ1v) is 11.7. The molecule has 2 aromatic carbocycles. The zero-order valence-corrected chi connectivity index (χ0v) is 17.9. The monoisotopic (exact) mass is 426 g/mol. The molecule has 2 heterocycles. The topological polar surface area (TPSA) is 79.6 Å². The third kappa shape index (κ3) is 4.42. The molecule has 158 valence electrons. The number of carbonyl (C=O) groups excluding carboxylic acids is 1. The Morgan fingerprint density at radius 3 is 2.43 bits per heavy atom. The molecule has 0 saturated carbocycles. The molecule has 6 nitrogen and oxygen atoms in total. The van der Waals surface area contributed by atoms with E-state index in [0.717, 1.165) is 47.8 Å². The number of nitrogens with zero attached hydrogens (tertiary/aromatic N) is 1. The highest BCUT2D eigenvalue weighted by Gasteiger charge is 2.25. The molecule has 0 atom stereocenters. The summed E-state index contributed by atoms with van der Waals surface area (Å²) in [7, 11) is -3.49. The minimum atomic E-state index is -3.49. The van der Waals surface area contributed by atoms with Gasteiger partial charge in [-0.3, -0.25) is 4.79 Å². The van der Waals surface area contributed by atoms with Crippen LogP contribution in [0.3, 0.4) is 0 Å². The second-order valence-corrected chi connectivity index (χ2v) is 9.77. The second-order valence-electron chi connectivity index (χ2n) is 7.83. The Labute approximate surface area is 176 Å². The van der Waals surface area contributed by atoms with E-state index in [1.807, 2.05) is 25.1 Å². The van der Waals surface area contributed by atoms with Crippen molar-refractivity contribution in [3.05, 3.63) is 59.9 Å². The minimum absolute atomic E-state index is 0.179. The predicted molar refractivity (Wildman–Crippen MR) is 117 cm³/mol. The average Bonchev–Trinajstić information content (AvgIpc) is 2.92. The summed E-state index contributed by atoms with van der Waals surface area (Å²) < 4.78 is 32.8. The number of fused-ring (bicyclic) bond motifs is 1. The number of benzene rings is 2. The maximum atomic E-state index is 12.9. The third-order valence-electron chi connectivity index (χ3n) is 5.50. The van der Waals surface area contributed by atoms with Crippen molar-refractivity contribution in [1.82, 2.24) is 4.31 Å². The maximum absolute atomic E-state index is 12.9. The molecule has 1 saturated heterocycles. The number of carbonyl (C=O) groups is 1. The molecular formula is C23H26N2O4S. The smallest absolute Gasteiger partial charge is 0.243 e. The molecule has 4 rings (SSSR count). The van der Waals surface area contributed by atoms with Crippen LogP contribution in [0, 0.1) is 6.92 Å². The Morgan fingerprint density at radius 2 is 1.73 bits per heavy atom. The van der Waals surface area contributed by atoms with Crippen LogP contribution >= 0.6 is 0 Å². The Bertz CT molecular complexity index is 1140.